The number of aliphatic hydroxyl groups excluding tert-OH is 1. The van der Waals surface area contributed by atoms with Gasteiger partial charge in [-0.05, 0) is 24.5 Å². The van der Waals surface area contributed by atoms with Crippen molar-refractivity contribution in [2.45, 2.75) is 37.7 Å². The van der Waals surface area contributed by atoms with Crippen LogP contribution in [0.25, 0.3) is 0 Å². The van der Waals surface area contributed by atoms with Crippen LogP contribution in [0.1, 0.15) is 73.3 Å². The number of fused-ring (bicyclic) bond motifs is 4. The van der Waals surface area contributed by atoms with Crippen LogP contribution >= 0.6 is 0 Å². The van der Waals surface area contributed by atoms with E-state index in [1.807, 2.05) is 6.92 Å². The Kier molecular flexibility index (Phi) is 2.37. The van der Waals surface area contributed by atoms with Crippen LogP contribution in [0.15, 0.2) is 22.8 Å². The van der Waals surface area contributed by atoms with Gasteiger partial charge in [0.1, 0.15) is 6.26 Å². The van der Waals surface area contributed by atoms with Gasteiger partial charge in [-0.25, -0.2) is 0 Å². The van der Waals surface area contributed by atoms with Gasteiger partial charge in [-0.1, -0.05) is 12.1 Å². The predicted octanol–water partition coefficient (Wildman–Crippen LogP) is 2.21. The number of rotatable bonds is 0. The summed E-state index contributed by atoms with van der Waals surface area (Å²) in [7, 11) is 0. The number of hydrogen-bond acceptors (Lipinski definition) is 5. The van der Waals surface area contributed by atoms with Crippen LogP contribution in [-0.2, 0) is 11.8 Å². The first-order valence-electron chi connectivity index (χ1n) is 8.02. The molecule has 1 heterocycles. The Bertz CT molecular complexity index is 980. The summed E-state index contributed by atoms with van der Waals surface area (Å²) in [5.41, 5.74) is 2.49. The lowest BCUT2D eigenvalue weighted by Gasteiger charge is -2.42. The monoisotopic (exact) mass is 322 g/mol. The summed E-state index contributed by atoms with van der Waals surface area (Å²) in [6.07, 6.45) is 1.30. The fraction of sp³-hybridized carbons (Fsp3) is 0.316. The van der Waals surface area contributed by atoms with E-state index in [1.165, 1.54) is 6.26 Å². The highest BCUT2D eigenvalue weighted by Crippen LogP contribution is 2.51. The summed E-state index contributed by atoms with van der Waals surface area (Å²) < 4.78 is 5.46. The highest BCUT2D eigenvalue weighted by molar-refractivity contribution is 6.17. The van der Waals surface area contributed by atoms with Crippen molar-refractivity contribution >= 4 is 17.3 Å². The molecular formula is C19H14O5. The molecule has 3 aliphatic carbocycles. The van der Waals surface area contributed by atoms with E-state index in [-0.39, 0.29) is 29.5 Å². The van der Waals surface area contributed by atoms with Gasteiger partial charge in [-0.3, -0.25) is 14.4 Å². The molecule has 1 N–H and O–H groups in total. The average molecular weight is 322 g/mol. The van der Waals surface area contributed by atoms with Crippen molar-refractivity contribution in [2.24, 2.45) is 0 Å². The Hall–Kier alpha value is -2.53. The van der Waals surface area contributed by atoms with Crippen LogP contribution < -0.4 is 0 Å². The first kappa shape index (κ1) is 13.9. The van der Waals surface area contributed by atoms with Crippen LogP contribution in [0.2, 0.25) is 0 Å². The second kappa shape index (κ2) is 4.11. The number of benzene rings is 1. The number of Topliss-reactive ketones (excluding diaryl/α,β-unsaturated/α-hetero) is 2. The normalized spacial score (nSPS) is 27.1. The molecule has 2 atom stereocenters. The highest BCUT2D eigenvalue weighted by Gasteiger charge is 2.53. The number of ketones is 3. The van der Waals surface area contributed by atoms with Crippen molar-refractivity contribution in [3.05, 3.63) is 57.5 Å². The van der Waals surface area contributed by atoms with Crippen molar-refractivity contribution < 1.29 is 23.9 Å². The SMILES string of the molecule is C[C@@]12c3ccc4c(c3C(=O)c3occ(c31)C(=O)C[C@@H]2O)CCC4=O. The summed E-state index contributed by atoms with van der Waals surface area (Å²) in [4.78, 5) is 37.3. The molecule has 0 spiro atoms. The first-order chi connectivity index (χ1) is 11.4. The summed E-state index contributed by atoms with van der Waals surface area (Å²) >= 11 is 0. The summed E-state index contributed by atoms with van der Waals surface area (Å²) in [6, 6.07) is 3.50. The number of carbonyl (C=O) groups is 3. The van der Waals surface area contributed by atoms with Gasteiger partial charge in [-0.2, -0.15) is 0 Å². The first-order valence-corrected chi connectivity index (χ1v) is 8.02. The van der Waals surface area contributed by atoms with Gasteiger partial charge >= 0.3 is 0 Å². The van der Waals surface area contributed by atoms with Gasteiger partial charge in [-0.15, -0.1) is 0 Å². The van der Waals surface area contributed by atoms with Crippen molar-refractivity contribution in [1.29, 1.82) is 0 Å². The Balaban J connectivity index is 1.91. The summed E-state index contributed by atoms with van der Waals surface area (Å²) in [5.74, 6) is -0.342. The van der Waals surface area contributed by atoms with E-state index in [1.54, 1.807) is 12.1 Å². The van der Waals surface area contributed by atoms with Crippen LogP contribution in [0.4, 0.5) is 0 Å². The van der Waals surface area contributed by atoms with Crippen molar-refractivity contribution in [1.82, 2.24) is 0 Å². The van der Waals surface area contributed by atoms with Crippen LogP contribution in [0, 0.1) is 0 Å². The van der Waals surface area contributed by atoms with E-state index >= 15 is 0 Å². The number of carbonyl (C=O) groups excluding carboxylic acids is 3. The van der Waals surface area contributed by atoms with Gasteiger partial charge < -0.3 is 9.52 Å². The maximum Gasteiger partial charge on any atom is 0.229 e. The standard InChI is InChI=1S/C19H14O5/c1-19-11-4-2-8-9(3-5-12(8)20)15(11)17(23)18-16(19)10(7-24-18)13(21)6-14(19)22/h2,4,7,14,22H,3,5-6H2,1H3/t14-,19-/m0/s1. The minimum Gasteiger partial charge on any atom is -0.460 e. The smallest absolute Gasteiger partial charge is 0.229 e. The molecule has 1 aromatic heterocycles. The zero-order valence-electron chi connectivity index (χ0n) is 13.0. The molecule has 0 bridgehead atoms. The minimum atomic E-state index is -0.934. The second-order valence-corrected chi connectivity index (χ2v) is 6.97. The molecule has 0 amide bonds. The molecule has 5 rings (SSSR count). The maximum absolute atomic E-state index is 13.0. The molecule has 0 radical (unpaired) electrons. The molecule has 1 aromatic carbocycles. The third-order valence-electron chi connectivity index (χ3n) is 5.86. The second-order valence-electron chi connectivity index (χ2n) is 6.97. The van der Waals surface area contributed by atoms with Gasteiger partial charge in [0.2, 0.25) is 5.78 Å². The molecule has 0 aliphatic heterocycles. The molecule has 24 heavy (non-hydrogen) atoms. The van der Waals surface area contributed by atoms with Gasteiger partial charge in [0.05, 0.1) is 11.7 Å². The lowest BCUT2D eigenvalue weighted by molar-refractivity contribution is 0.0672. The molecule has 2 aromatic rings. The molecule has 5 nitrogen and oxygen atoms in total. The van der Waals surface area contributed by atoms with Crippen LogP contribution in [0.5, 0.6) is 0 Å². The predicted molar refractivity (Wildman–Crippen MR) is 82.6 cm³/mol. The largest absolute Gasteiger partial charge is 0.460 e. The van der Waals surface area contributed by atoms with E-state index < -0.39 is 11.5 Å². The molecule has 5 heteroatoms. The molecule has 120 valence electrons. The molecule has 0 unspecified atom stereocenters. The maximum atomic E-state index is 13.0. The number of hydrogen-bond donors (Lipinski definition) is 1. The quantitative estimate of drug-likeness (QED) is 0.804. The van der Waals surface area contributed by atoms with E-state index in [0.29, 0.717) is 40.7 Å². The Labute approximate surface area is 137 Å². The third kappa shape index (κ3) is 1.34. The van der Waals surface area contributed by atoms with Crippen LogP contribution in [-0.4, -0.2) is 28.6 Å². The highest BCUT2D eigenvalue weighted by atomic mass is 16.3. The zero-order valence-corrected chi connectivity index (χ0v) is 13.0. The number of furan rings is 1. The molecule has 0 saturated heterocycles. The molecule has 3 aliphatic rings. The van der Waals surface area contributed by atoms with E-state index in [2.05, 4.69) is 0 Å². The average Bonchev–Trinajstić information content (AvgIpc) is 3.16. The fourth-order valence-corrected chi connectivity index (χ4v) is 4.56. The topological polar surface area (TPSA) is 84.6 Å². The number of aliphatic hydroxyl groups is 1. The Morgan fingerprint density at radius 1 is 1.12 bits per heavy atom. The third-order valence-corrected chi connectivity index (χ3v) is 5.86. The molecule has 0 saturated carbocycles. The minimum absolute atomic E-state index is 0.00782. The van der Waals surface area contributed by atoms with Crippen LogP contribution in [0.3, 0.4) is 0 Å². The van der Waals surface area contributed by atoms with Gasteiger partial charge in [0.25, 0.3) is 0 Å². The molecule has 0 fully saturated rings. The lowest BCUT2D eigenvalue weighted by Crippen LogP contribution is -2.47. The lowest BCUT2D eigenvalue weighted by atomic mass is 9.60. The Morgan fingerprint density at radius 3 is 2.71 bits per heavy atom. The van der Waals surface area contributed by atoms with Crippen molar-refractivity contribution in [2.75, 3.05) is 0 Å². The van der Waals surface area contributed by atoms with E-state index in [0.717, 1.165) is 5.56 Å². The summed E-state index contributed by atoms with van der Waals surface area (Å²) in [5, 5.41) is 10.7. The van der Waals surface area contributed by atoms with Crippen molar-refractivity contribution in [3.63, 3.8) is 0 Å². The van der Waals surface area contributed by atoms with E-state index in [9.17, 15) is 19.5 Å². The Morgan fingerprint density at radius 2 is 1.92 bits per heavy atom. The van der Waals surface area contributed by atoms with Crippen molar-refractivity contribution in [3.8, 4) is 0 Å². The molecular weight excluding hydrogens is 308 g/mol. The fourth-order valence-electron chi connectivity index (χ4n) is 4.56. The zero-order chi connectivity index (χ0) is 16.8. The van der Waals surface area contributed by atoms with Gasteiger partial charge in [0, 0.05) is 34.9 Å². The summed E-state index contributed by atoms with van der Waals surface area (Å²) in [6.45, 7) is 1.84. The van der Waals surface area contributed by atoms with Gasteiger partial charge in [0.15, 0.2) is 17.3 Å². The van der Waals surface area contributed by atoms with E-state index in [4.69, 9.17) is 4.42 Å².